The highest BCUT2D eigenvalue weighted by Gasteiger charge is 2.43. The predicted octanol–water partition coefficient (Wildman–Crippen LogP) is 2.25. The summed E-state index contributed by atoms with van der Waals surface area (Å²) in [6.07, 6.45) is -3.67. The average molecular weight is 391 g/mol. The maximum absolute atomic E-state index is 13.0. The number of alkyl halides is 3. The normalized spacial score (nSPS) is 18.8. The molecule has 3 heterocycles. The van der Waals surface area contributed by atoms with Crippen LogP contribution in [-0.2, 0) is 17.5 Å². The van der Waals surface area contributed by atoms with Gasteiger partial charge in [-0.1, -0.05) is 18.2 Å². The maximum Gasteiger partial charge on any atom is 0.421 e. The molecule has 1 atom stereocenters. The first-order valence-electron chi connectivity index (χ1n) is 8.75. The number of aromatic nitrogens is 1. The van der Waals surface area contributed by atoms with Gasteiger partial charge in [-0.2, -0.15) is 13.2 Å². The Hall–Kier alpha value is -3.10. The highest BCUT2D eigenvalue weighted by molar-refractivity contribution is 5.99. The SMILES string of the molecule is O=C(Cn1cccc(C(F)(F)F)c1=O)N1CCCN2C(=O)c3ccccc3[C@@H]12. The third kappa shape index (κ3) is 2.87. The lowest BCUT2D eigenvalue weighted by molar-refractivity contribution is -0.142. The van der Waals surface area contributed by atoms with E-state index in [1.807, 2.05) is 0 Å². The second-order valence-electron chi connectivity index (χ2n) is 6.75. The summed E-state index contributed by atoms with van der Waals surface area (Å²) >= 11 is 0. The van der Waals surface area contributed by atoms with Crippen molar-refractivity contribution >= 4 is 11.8 Å². The fourth-order valence-electron chi connectivity index (χ4n) is 3.82. The van der Waals surface area contributed by atoms with Crippen molar-refractivity contribution in [2.24, 2.45) is 0 Å². The Kier molecular flexibility index (Phi) is 4.24. The molecule has 1 saturated heterocycles. The van der Waals surface area contributed by atoms with Gasteiger partial charge >= 0.3 is 6.18 Å². The number of nitrogens with zero attached hydrogens (tertiary/aromatic N) is 3. The van der Waals surface area contributed by atoms with Crippen molar-refractivity contribution in [3.8, 4) is 0 Å². The van der Waals surface area contributed by atoms with Gasteiger partial charge in [0, 0.05) is 30.4 Å². The largest absolute Gasteiger partial charge is 0.421 e. The van der Waals surface area contributed by atoms with E-state index in [1.54, 1.807) is 29.2 Å². The number of rotatable bonds is 2. The van der Waals surface area contributed by atoms with Gasteiger partial charge in [-0.15, -0.1) is 0 Å². The third-order valence-electron chi connectivity index (χ3n) is 5.07. The zero-order valence-corrected chi connectivity index (χ0v) is 14.6. The topological polar surface area (TPSA) is 62.6 Å². The van der Waals surface area contributed by atoms with Crippen molar-refractivity contribution in [1.82, 2.24) is 14.4 Å². The monoisotopic (exact) mass is 391 g/mol. The average Bonchev–Trinajstić information content (AvgIpc) is 2.95. The van der Waals surface area contributed by atoms with Crippen LogP contribution in [0, 0.1) is 0 Å². The number of benzene rings is 1. The number of pyridine rings is 1. The lowest BCUT2D eigenvalue weighted by Gasteiger charge is -2.40. The van der Waals surface area contributed by atoms with Crippen molar-refractivity contribution in [2.75, 3.05) is 13.1 Å². The summed E-state index contributed by atoms with van der Waals surface area (Å²) < 4.78 is 39.6. The summed E-state index contributed by atoms with van der Waals surface area (Å²) in [5.41, 5.74) is -1.37. The number of halogens is 3. The van der Waals surface area contributed by atoms with Gasteiger partial charge in [-0.05, 0) is 24.6 Å². The molecule has 146 valence electrons. The number of carbonyl (C=O) groups excluding carboxylic acids is 2. The Morgan fingerprint density at radius 2 is 1.82 bits per heavy atom. The number of fused-ring (bicyclic) bond motifs is 3. The Morgan fingerprint density at radius 1 is 1.07 bits per heavy atom. The van der Waals surface area contributed by atoms with Crippen LogP contribution in [0.2, 0.25) is 0 Å². The van der Waals surface area contributed by atoms with Gasteiger partial charge in [-0.25, -0.2) is 0 Å². The van der Waals surface area contributed by atoms with E-state index in [4.69, 9.17) is 0 Å². The molecule has 2 aliphatic heterocycles. The molecule has 2 aliphatic rings. The van der Waals surface area contributed by atoms with E-state index in [1.165, 1.54) is 4.90 Å². The minimum atomic E-state index is -4.79. The second kappa shape index (κ2) is 6.50. The predicted molar refractivity (Wildman–Crippen MR) is 92.3 cm³/mol. The second-order valence-corrected chi connectivity index (χ2v) is 6.75. The van der Waals surface area contributed by atoms with Crippen molar-refractivity contribution in [2.45, 2.75) is 25.3 Å². The fraction of sp³-hybridized carbons (Fsp3) is 0.316. The number of hydrogen-bond acceptors (Lipinski definition) is 3. The Bertz CT molecular complexity index is 1020. The molecule has 0 bridgehead atoms. The van der Waals surface area contributed by atoms with E-state index in [2.05, 4.69) is 0 Å². The van der Waals surface area contributed by atoms with Gasteiger partial charge in [0.15, 0.2) is 0 Å². The van der Waals surface area contributed by atoms with E-state index in [-0.39, 0.29) is 5.91 Å². The quantitative estimate of drug-likeness (QED) is 0.789. The van der Waals surface area contributed by atoms with E-state index < -0.39 is 35.9 Å². The van der Waals surface area contributed by atoms with Crippen LogP contribution in [0.5, 0.6) is 0 Å². The lowest BCUT2D eigenvalue weighted by atomic mass is 10.1. The van der Waals surface area contributed by atoms with Gasteiger partial charge in [0.25, 0.3) is 11.5 Å². The molecule has 0 spiro atoms. The lowest BCUT2D eigenvalue weighted by Crippen LogP contribution is -2.50. The van der Waals surface area contributed by atoms with Gasteiger partial charge in [-0.3, -0.25) is 14.4 Å². The van der Waals surface area contributed by atoms with Crippen LogP contribution in [0.25, 0.3) is 0 Å². The molecule has 0 N–H and O–H groups in total. The summed E-state index contributed by atoms with van der Waals surface area (Å²) in [5.74, 6) is -0.685. The standard InChI is InChI=1S/C19H16F3N3O3/c20-19(21,22)14-7-3-8-23(18(14)28)11-15(26)24-9-4-10-25-16(24)12-5-1-2-6-13(12)17(25)27/h1-3,5-8,16H,4,9-11H2/t16-/m0/s1. The first-order chi connectivity index (χ1) is 13.3. The number of carbonyl (C=O) groups is 2. The molecule has 0 unspecified atom stereocenters. The molecule has 28 heavy (non-hydrogen) atoms. The Morgan fingerprint density at radius 3 is 2.57 bits per heavy atom. The van der Waals surface area contributed by atoms with Crippen molar-refractivity contribution in [3.63, 3.8) is 0 Å². The first kappa shape index (κ1) is 18.3. The fourth-order valence-corrected chi connectivity index (χ4v) is 3.82. The van der Waals surface area contributed by atoms with Gasteiger partial charge in [0.05, 0.1) is 0 Å². The van der Waals surface area contributed by atoms with Crippen LogP contribution in [0.1, 0.15) is 34.1 Å². The summed E-state index contributed by atoms with van der Waals surface area (Å²) in [7, 11) is 0. The third-order valence-corrected chi connectivity index (χ3v) is 5.07. The molecule has 1 fully saturated rings. The van der Waals surface area contributed by atoms with Crippen LogP contribution in [0.15, 0.2) is 47.4 Å². The van der Waals surface area contributed by atoms with Gasteiger partial charge in [0.1, 0.15) is 18.3 Å². The summed E-state index contributed by atoms with van der Waals surface area (Å²) in [6.45, 7) is 0.324. The molecule has 6 nitrogen and oxygen atoms in total. The molecule has 1 aromatic carbocycles. The molecule has 1 aromatic heterocycles. The van der Waals surface area contributed by atoms with Crippen LogP contribution in [0.3, 0.4) is 0 Å². The van der Waals surface area contributed by atoms with Crippen molar-refractivity contribution in [1.29, 1.82) is 0 Å². The van der Waals surface area contributed by atoms with Crippen LogP contribution >= 0.6 is 0 Å². The van der Waals surface area contributed by atoms with Gasteiger partial charge in [0.2, 0.25) is 5.91 Å². The highest BCUT2D eigenvalue weighted by atomic mass is 19.4. The van der Waals surface area contributed by atoms with Crippen LogP contribution < -0.4 is 5.56 Å². The zero-order chi connectivity index (χ0) is 20.1. The molecule has 2 aromatic rings. The van der Waals surface area contributed by atoms with E-state index in [0.717, 1.165) is 16.8 Å². The zero-order valence-electron chi connectivity index (χ0n) is 14.6. The van der Waals surface area contributed by atoms with Gasteiger partial charge < -0.3 is 14.4 Å². The molecular weight excluding hydrogens is 375 g/mol. The van der Waals surface area contributed by atoms with E-state index in [0.29, 0.717) is 36.7 Å². The van der Waals surface area contributed by atoms with E-state index in [9.17, 15) is 27.6 Å². The molecule has 9 heteroatoms. The smallest absolute Gasteiger partial charge is 0.316 e. The molecule has 0 aliphatic carbocycles. The number of amides is 2. The highest BCUT2D eigenvalue weighted by Crippen LogP contribution is 2.38. The van der Waals surface area contributed by atoms with Crippen molar-refractivity contribution < 1.29 is 22.8 Å². The van der Waals surface area contributed by atoms with Crippen LogP contribution in [-0.4, -0.2) is 39.3 Å². The van der Waals surface area contributed by atoms with Crippen molar-refractivity contribution in [3.05, 3.63) is 69.6 Å². The minimum Gasteiger partial charge on any atom is -0.316 e. The molecule has 0 saturated carbocycles. The summed E-state index contributed by atoms with van der Waals surface area (Å²) in [6, 6.07) is 8.75. The molecule has 2 amide bonds. The summed E-state index contributed by atoms with van der Waals surface area (Å²) in [4.78, 5) is 40.6. The summed E-state index contributed by atoms with van der Waals surface area (Å²) in [5, 5.41) is 0. The first-order valence-corrected chi connectivity index (χ1v) is 8.75. The molecule has 0 radical (unpaired) electrons. The Balaban J connectivity index is 1.65. The Labute approximate surface area is 157 Å². The molecule has 4 rings (SSSR count). The molecular formula is C19H16F3N3O3. The van der Waals surface area contributed by atoms with E-state index >= 15 is 0 Å². The number of hydrogen-bond donors (Lipinski definition) is 0. The maximum atomic E-state index is 13.0. The van der Waals surface area contributed by atoms with Crippen LogP contribution in [0.4, 0.5) is 13.2 Å². The minimum absolute atomic E-state index is 0.172.